The molecule has 25 heavy (non-hydrogen) atoms. The Balaban J connectivity index is 3.10. The number of hydrogen-bond acceptors (Lipinski definition) is 3. The van der Waals surface area contributed by atoms with Gasteiger partial charge in [-0.15, -0.1) is 0 Å². The first-order valence-corrected chi connectivity index (χ1v) is 10.5. The normalized spacial score (nSPS) is 12.2. The summed E-state index contributed by atoms with van der Waals surface area (Å²) in [4.78, 5) is 14.3. The Morgan fingerprint density at radius 2 is 1.36 bits per heavy atom. The fraction of sp³-hybridized carbons (Fsp3) is 0.632. The minimum atomic E-state index is -3.56. The smallest absolute Gasteiger partial charge is 0.253 e. The van der Waals surface area contributed by atoms with Gasteiger partial charge in [0.15, 0.2) is 0 Å². The van der Waals surface area contributed by atoms with Crippen LogP contribution < -0.4 is 0 Å². The van der Waals surface area contributed by atoms with E-state index in [9.17, 15) is 13.2 Å². The maximum absolute atomic E-state index is 13.0. The monoisotopic (exact) mass is 368 g/mol. The van der Waals surface area contributed by atoms with Gasteiger partial charge in [-0.2, -0.15) is 4.31 Å². The Labute approximate surface area is 153 Å². The minimum absolute atomic E-state index is 0.0739. The van der Waals surface area contributed by atoms with Crippen molar-refractivity contribution in [3.05, 3.63) is 29.8 Å². The molecule has 0 aliphatic rings. The highest BCUT2D eigenvalue weighted by Gasteiger charge is 2.26. The molecule has 142 valence electrons. The van der Waals surface area contributed by atoms with Crippen LogP contribution in [0.1, 0.15) is 51.9 Å². The number of hydrogen-bond donors (Lipinski definition) is 0. The van der Waals surface area contributed by atoms with Crippen molar-refractivity contribution in [2.45, 2.75) is 46.4 Å². The van der Waals surface area contributed by atoms with Crippen LogP contribution in [0, 0.1) is 11.8 Å². The van der Waals surface area contributed by atoms with Gasteiger partial charge in [0.1, 0.15) is 0 Å². The molecule has 0 spiro atoms. The van der Waals surface area contributed by atoms with Crippen LogP contribution in [0.2, 0.25) is 0 Å². The molecule has 0 radical (unpaired) electrons. The fourth-order valence-electron chi connectivity index (χ4n) is 2.70. The van der Waals surface area contributed by atoms with Gasteiger partial charge in [-0.05, 0) is 49.9 Å². The van der Waals surface area contributed by atoms with Gasteiger partial charge < -0.3 is 4.90 Å². The number of rotatable bonds is 9. The first-order chi connectivity index (χ1) is 11.6. The van der Waals surface area contributed by atoms with E-state index in [0.717, 1.165) is 0 Å². The Morgan fingerprint density at radius 3 is 1.72 bits per heavy atom. The molecule has 0 aliphatic heterocycles. The number of sulfonamides is 1. The van der Waals surface area contributed by atoms with Crippen molar-refractivity contribution < 1.29 is 13.2 Å². The lowest BCUT2D eigenvalue weighted by Crippen LogP contribution is -2.37. The molecule has 0 N–H and O–H groups in total. The van der Waals surface area contributed by atoms with Crippen molar-refractivity contribution in [1.29, 1.82) is 0 Å². The molecule has 0 bridgehead atoms. The first-order valence-electron chi connectivity index (χ1n) is 9.02. The van der Waals surface area contributed by atoms with Crippen LogP contribution in [-0.4, -0.2) is 49.7 Å². The van der Waals surface area contributed by atoms with E-state index in [0.29, 0.717) is 31.7 Å². The zero-order valence-electron chi connectivity index (χ0n) is 16.3. The van der Waals surface area contributed by atoms with E-state index in [1.54, 1.807) is 33.5 Å². The van der Waals surface area contributed by atoms with E-state index in [1.807, 2.05) is 41.5 Å². The van der Waals surface area contributed by atoms with Crippen LogP contribution in [0.5, 0.6) is 0 Å². The van der Waals surface area contributed by atoms with Gasteiger partial charge >= 0.3 is 0 Å². The van der Waals surface area contributed by atoms with Crippen molar-refractivity contribution in [2.75, 3.05) is 26.2 Å². The molecule has 0 aliphatic carbocycles. The van der Waals surface area contributed by atoms with Crippen LogP contribution in [0.15, 0.2) is 29.2 Å². The topological polar surface area (TPSA) is 57.7 Å². The molecule has 1 aromatic rings. The third-order valence-corrected chi connectivity index (χ3v) is 5.77. The Kier molecular flexibility index (Phi) is 8.09. The average Bonchev–Trinajstić information content (AvgIpc) is 2.54. The van der Waals surface area contributed by atoms with E-state index >= 15 is 0 Å². The molecule has 0 heterocycles. The van der Waals surface area contributed by atoms with Crippen molar-refractivity contribution in [1.82, 2.24) is 9.21 Å². The summed E-state index contributed by atoms with van der Waals surface area (Å²) in [5.74, 6) is 0.421. The number of nitrogens with zero attached hydrogens (tertiary/aromatic N) is 2. The largest absolute Gasteiger partial charge is 0.339 e. The molecule has 0 saturated carbocycles. The zero-order valence-corrected chi connectivity index (χ0v) is 17.1. The average molecular weight is 369 g/mol. The molecule has 0 saturated heterocycles. The van der Waals surface area contributed by atoms with E-state index in [2.05, 4.69) is 0 Å². The maximum Gasteiger partial charge on any atom is 0.253 e. The second-order valence-electron chi connectivity index (χ2n) is 7.11. The quantitative estimate of drug-likeness (QED) is 0.670. The molecule has 5 nitrogen and oxygen atoms in total. The Hall–Kier alpha value is -1.40. The van der Waals surface area contributed by atoms with Crippen LogP contribution in [0.25, 0.3) is 0 Å². The summed E-state index contributed by atoms with van der Waals surface area (Å²) in [7, 11) is -3.56. The number of carbonyl (C=O) groups excluding carboxylic acids is 1. The molecule has 0 fully saturated rings. The highest BCUT2D eigenvalue weighted by Crippen LogP contribution is 2.20. The molecule has 1 rings (SSSR count). The Morgan fingerprint density at radius 1 is 0.920 bits per heavy atom. The second kappa shape index (κ2) is 9.34. The third-order valence-electron chi connectivity index (χ3n) is 3.93. The predicted molar refractivity (Wildman–Crippen MR) is 102 cm³/mol. The summed E-state index contributed by atoms with van der Waals surface area (Å²) in [6, 6.07) is 6.30. The minimum Gasteiger partial charge on any atom is -0.339 e. The number of amides is 1. The van der Waals surface area contributed by atoms with Gasteiger partial charge in [0.05, 0.1) is 4.90 Å². The highest BCUT2D eigenvalue weighted by molar-refractivity contribution is 7.89. The molecule has 0 aromatic heterocycles. The van der Waals surface area contributed by atoms with Crippen molar-refractivity contribution in [3.63, 3.8) is 0 Å². The van der Waals surface area contributed by atoms with Crippen molar-refractivity contribution in [2.24, 2.45) is 11.8 Å². The number of carbonyl (C=O) groups is 1. The van der Waals surface area contributed by atoms with Gasteiger partial charge in [-0.1, -0.05) is 27.7 Å². The summed E-state index contributed by atoms with van der Waals surface area (Å²) < 4.78 is 27.5. The summed E-state index contributed by atoms with van der Waals surface area (Å²) in [5.41, 5.74) is 0.516. The number of benzene rings is 1. The molecular weight excluding hydrogens is 336 g/mol. The summed E-state index contributed by atoms with van der Waals surface area (Å²) in [5, 5.41) is 0. The van der Waals surface area contributed by atoms with Crippen LogP contribution in [0.4, 0.5) is 0 Å². The van der Waals surface area contributed by atoms with E-state index < -0.39 is 10.0 Å². The molecule has 0 atom stereocenters. The third kappa shape index (κ3) is 5.82. The lowest BCUT2D eigenvalue weighted by molar-refractivity contribution is 0.0773. The van der Waals surface area contributed by atoms with E-state index in [4.69, 9.17) is 0 Å². The molecule has 6 heteroatoms. The molecule has 0 unspecified atom stereocenters. The van der Waals surface area contributed by atoms with E-state index in [-0.39, 0.29) is 22.6 Å². The van der Waals surface area contributed by atoms with Crippen molar-refractivity contribution in [3.8, 4) is 0 Å². The van der Waals surface area contributed by atoms with Gasteiger partial charge in [-0.25, -0.2) is 8.42 Å². The van der Waals surface area contributed by atoms with Crippen LogP contribution >= 0.6 is 0 Å². The standard InChI is InChI=1S/C19H32N2O3S/c1-7-20(8-2)19(22)17-9-11-18(12-10-17)25(23,24)21(13-15(3)4)14-16(5)6/h9-12,15-16H,7-8,13-14H2,1-6H3. The molecule has 1 aromatic carbocycles. The van der Waals surface area contributed by atoms with Crippen LogP contribution in [0.3, 0.4) is 0 Å². The predicted octanol–water partition coefficient (Wildman–Crippen LogP) is 3.47. The van der Waals surface area contributed by atoms with Gasteiger partial charge in [0, 0.05) is 31.7 Å². The fourth-order valence-corrected chi connectivity index (χ4v) is 4.46. The molecule has 1 amide bonds. The summed E-state index contributed by atoms with van der Waals surface area (Å²) in [6.07, 6.45) is 0. The zero-order chi connectivity index (χ0) is 19.2. The van der Waals surface area contributed by atoms with Gasteiger partial charge in [0.2, 0.25) is 10.0 Å². The Bertz CT molecular complexity index is 638. The summed E-state index contributed by atoms with van der Waals surface area (Å²) >= 11 is 0. The lowest BCUT2D eigenvalue weighted by atomic mass is 10.2. The second-order valence-corrected chi connectivity index (χ2v) is 9.05. The van der Waals surface area contributed by atoms with Crippen LogP contribution in [-0.2, 0) is 10.0 Å². The van der Waals surface area contributed by atoms with Gasteiger partial charge in [0.25, 0.3) is 5.91 Å². The lowest BCUT2D eigenvalue weighted by Gasteiger charge is -2.26. The van der Waals surface area contributed by atoms with Crippen molar-refractivity contribution >= 4 is 15.9 Å². The maximum atomic E-state index is 13.0. The highest BCUT2D eigenvalue weighted by atomic mass is 32.2. The molecular formula is C19H32N2O3S. The summed E-state index contributed by atoms with van der Waals surface area (Å²) in [6.45, 7) is 14.1. The first kappa shape index (κ1) is 21.6. The SMILES string of the molecule is CCN(CC)C(=O)c1ccc(S(=O)(=O)N(CC(C)C)CC(C)C)cc1. The van der Waals surface area contributed by atoms with Gasteiger partial charge in [-0.3, -0.25) is 4.79 Å². The van der Waals surface area contributed by atoms with E-state index in [1.165, 1.54) is 0 Å².